The molecule has 0 radical (unpaired) electrons. The van der Waals surface area contributed by atoms with Crippen LogP contribution in [0.3, 0.4) is 0 Å². The van der Waals surface area contributed by atoms with Gasteiger partial charge in [0.2, 0.25) is 0 Å². The molecule has 0 atom stereocenters. The molecule has 0 unspecified atom stereocenters. The zero-order valence-corrected chi connectivity index (χ0v) is 12.1. The molecule has 0 aliphatic carbocycles. The molecule has 2 aromatic heterocycles. The number of carboxylic acids is 1. The highest BCUT2D eigenvalue weighted by Gasteiger charge is 2.18. The second kappa shape index (κ2) is 5.00. The van der Waals surface area contributed by atoms with Crippen LogP contribution in [0.1, 0.15) is 33.0 Å². The maximum absolute atomic E-state index is 11.2. The molecule has 0 saturated heterocycles. The Labute approximate surface area is 115 Å². The highest BCUT2D eigenvalue weighted by molar-refractivity contribution is 7.10. The van der Waals surface area contributed by atoms with Gasteiger partial charge in [-0.3, -0.25) is 4.68 Å². The maximum Gasteiger partial charge on any atom is 0.340 e. The van der Waals surface area contributed by atoms with Crippen LogP contribution < -0.4 is 5.32 Å². The summed E-state index contributed by atoms with van der Waals surface area (Å²) in [6.45, 7) is 6.19. The van der Waals surface area contributed by atoms with E-state index in [2.05, 4.69) is 14.8 Å². The normalized spacial score (nSPS) is 10.7. The minimum absolute atomic E-state index is 0.254. The molecule has 0 aliphatic rings. The van der Waals surface area contributed by atoms with E-state index in [4.69, 9.17) is 5.11 Å². The standard InChI is InChI=1S/C12H16N4O2S/c1-6-9(8(3)16(4)14-6)5-13-11-10(12(17)18)7(2)15-19-11/h13H,5H2,1-4H3,(H,17,18). The van der Waals surface area contributed by atoms with Gasteiger partial charge in [-0.05, 0) is 32.3 Å². The molecule has 0 fully saturated rings. The molecule has 102 valence electrons. The van der Waals surface area contributed by atoms with E-state index in [-0.39, 0.29) is 5.56 Å². The van der Waals surface area contributed by atoms with Crippen LogP contribution >= 0.6 is 11.5 Å². The summed E-state index contributed by atoms with van der Waals surface area (Å²) >= 11 is 1.17. The first-order valence-corrected chi connectivity index (χ1v) is 6.61. The highest BCUT2D eigenvalue weighted by Crippen LogP contribution is 2.25. The summed E-state index contributed by atoms with van der Waals surface area (Å²) in [5.41, 5.74) is 3.91. The summed E-state index contributed by atoms with van der Waals surface area (Å²) in [6.07, 6.45) is 0. The van der Waals surface area contributed by atoms with E-state index in [0.717, 1.165) is 17.0 Å². The van der Waals surface area contributed by atoms with Gasteiger partial charge in [0.15, 0.2) is 0 Å². The lowest BCUT2D eigenvalue weighted by atomic mass is 10.2. The summed E-state index contributed by atoms with van der Waals surface area (Å²) in [4.78, 5) is 11.2. The summed E-state index contributed by atoms with van der Waals surface area (Å²) in [5, 5.41) is 17.2. The van der Waals surface area contributed by atoms with Crippen molar-refractivity contribution in [3.05, 3.63) is 28.2 Å². The largest absolute Gasteiger partial charge is 0.478 e. The molecule has 0 aromatic carbocycles. The van der Waals surface area contributed by atoms with Crippen molar-refractivity contribution in [1.29, 1.82) is 0 Å². The fraction of sp³-hybridized carbons (Fsp3) is 0.417. The molecule has 0 bridgehead atoms. The number of carbonyl (C=O) groups is 1. The molecule has 2 heterocycles. The lowest BCUT2D eigenvalue weighted by Crippen LogP contribution is -2.06. The van der Waals surface area contributed by atoms with E-state index in [0.29, 0.717) is 17.2 Å². The van der Waals surface area contributed by atoms with E-state index < -0.39 is 5.97 Å². The number of hydrogen-bond acceptors (Lipinski definition) is 5. The van der Waals surface area contributed by atoms with Gasteiger partial charge in [-0.1, -0.05) is 0 Å². The Morgan fingerprint density at radius 3 is 2.58 bits per heavy atom. The van der Waals surface area contributed by atoms with E-state index in [1.54, 1.807) is 6.92 Å². The van der Waals surface area contributed by atoms with E-state index in [1.807, 2.05) is 25.6 Å². The molecule has 7 heteroatoms. The number of hydrogen-bond donors (Lipinski definition) is 2. The topological polar surface area (TPSA) is 80.0 Å². The second-order valence-electron chi connectivity index (χ2n) is 4.40. The number of nitrogens with zero attached hydrogens (tertiary/aromatic N) is 3. The maximum atomic E-state index is 11.2. The fourth-order valence-electron chi connectivity index (χ4n) is 1.98. The van der Waals surface area contributed by atoms with Gasteiger partial charge in [0.1, 0.15) is 10.6 Å². The average Bonchev–Trinajstić information content (AvgIpc) is 2.80. The van der Waals surface area contributed by atoms with Crippen LogP contribution in [0.2, 0.25) is 0 Å². The number of aromatic carboxylic acids is 1. The number of anilines is 1. The lowest BCUT2D eigenvalue weighted by Gasteiger charge is -2.05. The predicted molar refractivity (Wildman–Crippen MR) is 73.8 cm³/mol. The molecular formula is C12H16N4O2S. The van der Waals surface area contributed by atoms with Gasteiger partial charge in [0.25, 0.3) is 0 Å². The van der Waals surface area contributed by atoms with Gasteiger partial charge in [-0.25, -0.2) is 4.79 Å². The Balaban J connectivity index is 2.22. The van der Waals surface area contributed by atoms with Gasteiger partial charge >= 0.3 is 5.97 Å². The third-order valence-electron chi connectivity index (χ3n) is 3.16. The van der Waals surface area contributed by atoms with E-state index in [1.165, 1.54) is 11.5 Å². The summed E-state index contributed by atoms with van der Waals surface area (Å²) < 4.78 is 5.90. The Bertz CT molecular complexity index is 630. The SMILES string of the molecule is Cc1nn(C)c(C)c1CNc1snc(C)c1C(=O)O. The molecule has 2 rings (SSSR count). The Kier molecular flexibility index (Phi) is 3.57. The monoisotopic (exact) mass is 280 g/mol. The molecule has 2 aromatic rings. The van der Waals surface area contributed by atoms with Crippen LogP contribution in [0.15, 0.2) is 0 Å². The molecule has 0 aliphatic heterocycles. The molecule has 2 N–H and O–H groups in total. The third-order valence-corrected chi connectivity index (χ3v) is 4.06. The first-order chi connectivity index (χ1) is 8.91. The van der Waals surface area contributed by atoms with Crippen molar-refractivity contribution in [2.45, 2.75) is 27.3 Å². The summed E-state index contributed by atoms with van der Waals surface area (Å²) in [5.74, 6) is -0.951. The van der Waals surface area contributed by atoms with E-state index >= 15 is 0 Å². The minimum Gasteiger partial charge on any atom is -0.478 e. The zero-order chi connectivity index (χ0) is 14.2. The second-order valence-corrected chi connectivity index (χ2v) is 5.18. The first-order valence-electron chi connectivity index (χ1n) is 5.84. The number of aryl methyl sites for hydroxylation is 3. The average molecular weight is 280 g/mol. The van der Waals surface area contributed by atoms with Crippen LogP contribution in [0.5, 0.6) is 0 Å². The van der Waals surface area contributed by atoms with Crippen LogP contribution in [0.25, 0.3) is 0 Å². The molecule has 0 spiro atoms. The minimum atomic E-state index is -0.951. The Hall–Kier alpha value is -1.89. The van der Waals surface area contributed by atoms with Crippen molar-refractivity contribution in [3.63, 3.8) is 0 Å². The van der Waals surface area contributed by atoms with Crippen molar-refractivity contribution >= 4 is 22.5 Å². The Morgan fingerprint density at radius 2 is 2.05 bits per heavy atom. The first kappa shape index (κ1) is 13.5. The van der Waals surface area contributed by atoms with E-state index in [9.17, 15) is 4.79 Å². The van der Waals surface area contributed by atoms with Gasteiger partial charge in [-0.2, -0.15) is 9.47 Å². The molecular weight excluding hydrogens is 264 g/mol. The van der Waals surface area contributed by atoms with Crippen molar-refractivity contribution in [1.82, 2.24) is 14.2 Å². The highest BCUT2D eigenvalue weighted by atomic mass is 32.1. The quantitative estimate of drug-likeness (QED) is 0.896. The third kappa shape index (κ3) is 2.46. The molecule has 6 nitrogen and oxygen atoms in total. The molecule has 0 amide bonds. The van der Waals surface area contributed by atoms with Crippen molar-refractivity contribution in [2.75, 3.05) is 5.32 Å². The Morgan fingerprint density at radius 1 is 1.37 bits per heavy atom. The van der Waals surface area contributed by atoms with Crippen molar-refractivity contribution in [3.8, 4) is 0 Å². The van der Waals surface area contributed by atoms with Crippen LogP contribution in [-0.4, -0.2) is 25.2 Å². The zero-order valence-electron chi connectivity index (χ0n) is 11.3. The van der Waals surface area contributed by atoms with Gasteiger partial charge in [0, 0.05) is 24.8 Å². The van der Waals surface area contributed by atoms with Crippen molar-refractivity contribution in [2.24, 2.45) is 7.05 Å². The number of aromatic nitrogens is 3. The van der Waals surface area contributed by atoms with Crippen LogP contribution in [0, 0.1) is 20.8 Å². The molecule has 19 heavy (non-hydrogen) atoms. The van der Waals surface area contributed by atoms with Gasteiger partial charge < -0.3 is 10.4 Å². The fourth-order valence-corrected chi connectivity index (χ4v) is 2.77. The van der Waals surface area contributed by atoms with Crippen LogP contribution in [0.4, 0.5) is 5.00 Å². The summed E-state index contributed by atoms with van der Waals surface area (Å²) in [6, 6.07) is 0. The smallest absolute Gasteiger partial charge is 0.340 e. The van der Waals surface area contributed by atoms with Crippen LogP contribution in [-0.2, 0) is 13.6 Å². The lowest BCUT2D eigenvalue weighted by molar-refractivity contribution is 0.0697. The number of nitrogens with one attached hydrogen (secondary N) is 1. The summed E-state index contributed by atoms with van der Waals surface area (Å²) in [7, 11) is 1.89. The number of rotatable bonds is 4. The molecule has 0 saturated carbocycles. The number of carboxylic acid groups (broad SMARTS) is 1. The van der Waals surface area contributed by atoms with Gasteiger partial charge in [-0.15, -0.1) is 0 Å². The predicted octanol–water partition coefficient (Wildman–Crippen LogP) is 2.11. The van der Waals surface area contributed by atoms with Gasteiger partial charge in [0.05, 0.1) is 11.4 Å². The van der Waals surface area contributed by atoms with Crippen molar-refractivity contribution < 1.29 is 9.90 Å².